The third-order valence-electron chi connectivity index (χ3n) is 4.84. The van der Waals surface area contributed by atoms with E-state index in [1.165, 1.54) is 4.88 Å². The van der Waals surface area contributed by atoms with Gasteiger partial charge in [-0.05, 0) is 49.4 Å². The molecule has 124 valence electrons. The highest BCUT2D eigenvalue weighted by Crippen LogP contribution is 2.29. The topological polar surface area (TPSA) is 37.3 Å². The number of amides is 1. The lowest BCUT2D eigenvalue weighted by Crippen LogP contribution is -2.43. The van der Waals surface area contributed by atoms with E-state index in [4.69, 9.17) is 0 Å². The van der Waals surface area contributed by atoms with Crippen LogP contribution in [0, 0.1) is 0 Å². The average molecular weight is 352 g/mol. The summed E-state index contributed by atoms with van der Waals surface area (Å²) in [7, 11) is 0. The van der Waals surface area contributed by atoms with Crippen LogP contribution in [0.1, 0.15) is 34.6 Å². The first-order valence-electron chi connectivity index (χ1n) is 8.04. The molecule has 2 aliphatic heterocycles. The number of carbonyl (C=O) groups is 1. The number of halogens is 1. The van der Waals surface area contributed by atoms with Gasteiger partial charge in [-0.15, -0.1) is 23.7 Å². The van der Waals surface area contributed by atoms with Crippen LogP contribution < -0.4 is 5.32 Å². The molecule has 2 saturated heterocycles. The van der Waals surface area contributed by atoms with Crippen LogP contribution in [0.25, 0.3) is 0 Å². The van der Waals surface area contributed by atoms with E-state index in [1.807, 2.05) is 18.3 Å². The lowest BCUT2D eigenvalue weighted by atomic mass is 10.1. The van der Waals surface area contributed by atoms with Crippen LogP contribution >= 0.6 is 23.7 Å². The number of hydrogen-bond acceptors (Lipinski definition) is 3. The molecule has 0 aromatic carbocycles. The number of nitrogens with zero attached hydrogens (tertiary/aromatic N) is 2. The van der Waals surface area contributed by atoms with Crippen molar-refractivity contribution in [3.8, 4) is 0 Å². The summed E-state index contributed by atoms with van der Waals surface area (Å²) in [6, 6.07) is 8.92. The molecular weight excluding hydrogens is 330 g/mol. The molecule has 2 bridgehead atoms. The van der Waals surface area contributed by atoms with E-state index < -0.39 is 0 Å². The van der Waals surface area contributed by atoms with E-state index in [2.05, 4.69) is 32.3 Å². The van der Waals surface area contributed by atoms with Crippen LogP contribution in [0.4, 0.5) is 0 Å². The number of nitrogens with one attached hydrogen (secondary N) is 1. The first kappa shape index (κ1) is 16.6. The third kappa shape index (κ3) is 3.18. The minimum absolute atomic E-state index is 0. The van der Waals surface area contributed by atoms with Crippen molar-refractivity contribution in [3.05, 3.63) is 46.4 Å². The lowest BCUT2D eigenvalue weighted by Gasteiger charge is -2.28. The maximum atomic E-state index is 13.1. The van der Waals surface area contributed by atoms with Crippen LogP contribution in [-0.2, 0) is 6.54 Å². The first-order valence-corrected chi connectivity index (χ1v) is 8.92. The minimum Gasteiger partial charge on any atom is -0.338 e. The predicted octanol–water partition coefficient (Wildman–Crippen LogP) is 2.99. The van der Waals surface area contributed by atoms with Crippen molar-refractivity contribution in [2.24, 2.45) is 0 Å². The Balaban J connectivity index is 0.00000156. The second kappa shape index (κ2) is 7.07. The standard InChI is InChI=1S/C17H21N3OS.ClH/c21-17(20-13-5-6-14(20)11-18-8-7-13)16-4-1-9-19(16)12-15-3-2-10-22-15;/h1-4,9-10,13-14,18H,5-8,11-12H2;1H. The number of carbonyl (C=O) groups excluding carboxylic acids is 1. The van der Waals surface area contributed by atoms with Gasteiger partial charge in [-0.3, -0.25) is 4.79 Å². The molecule has 1 amide bonds. The highest BCUT2D eigenvalue weighted by molar-refractivity contribution is 7.09. The van der Waals surface area contributed by atoms with Gasteiger partial charge in [0.1, 0.15) is 5.69 Å². The molecule has 0 aliphatic carbocycles. The fraction of sp³-hybridized carbons (Fsp3) is 0.471. The van der Waals surface area contributed by atoms with E-state index in [0.717, 1.165) is 44.6 Å². The van der Waals surface area contributed by atoms with E-state index in [9.17, 15) is 4.79 Å². The molecule has 4 heterocycles. The molecule has 2 aliphatic rings. The van der Waals surface area contributed by atoms with Crippen molar-refractivity contribution in [2.75, 3.05) is 13.1 Å². The number of fused-ring (bicyclic) bond motifs is 2. The first-order chi connectivity index (χ1) is 10.8. The molecule has 1 N–H and O–H groups in total. The molecule has 2 unspecified atom stereocenters. The number of aromatic nitrogens is 1. The number of thiophene rings is 1. The van der Waals surface area contributed by atoms with Gasteiger partial charge in [0.15, 0.2) is 0 Å². The SMILES string of the molecule is Cl.O=C(c1cccn1Cc1cccs1)N1C2CCNCC1CC2. The van der Waals surface area contributed by atoms with Crippen molar-refractivity contribution in [1.82, 2.24) is 14.8 Å². The summed E-state index contributed by atoms with van der Waals surface area (Å²) >= 11 is 1.74. The molecule has 2 aromatic rings. The highest BCUT2D eigenvalue weighted by atomic mass is 35.5. The van der Waals surface area contributed by atoms with Gasteiger partial charge in [0.2, 0.25) is 0 Å². The van der Waals surface area contributed by atoms with Gasteiger partial charge < -0.3 is 14.8 Å². The Morgan fingerprint density at radius 3 is 2.91 bits per heavy atom. The summed E-state index contributed by atoms with van der Waals surface area (Å²) in [6.07, 6.45) is 5.39. The summed E-state index contributed by atoms with van der Waals surface area (Å²) in [5.74, 6) is 0.206. The van der Waals surface area contributed by atoms with E-state index in [1.54, 1.807) is 11.3 Å². The van der Waals surface area contributed by atoms with E-state index >= 15 is 0 Å². The Bertz CT molecular complexity index is 641. The largest absolute Gasteiger partial charge is 0.338 e. The fourth-order valence-electron chi connectivity index (χ4n) is 3.76. The smallest absolute Gasteiger partial charge is 0.271 e. The summed E-state index contributed by atoms with van der Waals surface area (Å²) in [4.78, 5) is 16.5. The number of rotatable bonds is 3. The predicted molar refractivity (Wildman–Crippen MR) is 95.6 cm³/mol. The highest BCUT2D eigenvalue weighted by Gasteiger charge is 2.38. The fourth-order valence-corrected chi connectivity index (χ4v) is 4.47. The molecule has 2 fully saturated rings. The van der Waals surface area contributed by atoms with Gasteiger partial charge in [-0.25, -0.2) is 0 Å². The molecule has 23 heavy (non-hydrogen) atoms. The van der Waals surface area contributed by atoms with Gasteiger partial charge in [0.25, 0.3) is 5.91 Å². The van der Waals surface area contributed by atoms with Crippen molar-refractivity contribution < 1.29 is 4.79 Å². The molecule has 0 saturated carbocycles. The van der Waals surface area contributed by atoms with Gasteiger partial charge >= 0.3 is 0 Å². The van der Waals surface area contributed by atoms with Crippen molar-refractivity contribution in [3.63, 3.8) is 0 Å². The zero-order chi connectivity index (χ0) is 14.9. The average Bonchev–Trinajstić information content (AvgIpc) is 3.19. The van der Waals surface area contributed by atoms with Crippen molar-refractivity contribution >= 4 is 29.7 Å². The number of hydrogen-bond donors (Lipinski definition) is 1. The molecule has 2 aromatic heterocycles. The third-order valence-corrected chi connectivity index (χ3v) is 5.70. The Labute approximate surface area is 146 Å². The van der Waals surface area contributed by atoms with Crippen LogP contribution in [0.3, 0.4) is 0 Å². The summed E-state index contributed by atoms with van der Waals surface area (Å²) in [5, 5.41) is 5.55. The van der Waals surface area contributed by atoms with E-state index in [-0.39, 0.29) is 18.3 Å². The van der Waals surface area contributed by atoms with Gasteiger partial charge in [0, 0.05) is 29.7 Å². The van der Waals surface area contributed by atoms with Crippen molar-refractivity contribution in [1.29, 1.82) is 0 Å². The van der Waals surface area contributed by atoms with Crippen LogP contribution in [0.15, 0.2) is 35.8 Å². The van der Waals surface area contributed by atoms with Gasteiger partial charge in [-0.2, -0.15) is 0 Å². The van der Waals surface area contributed by atoms with E-state index in [0.29, 0.717) is 12.1 Å². The molecule has 0 spiro atoms. The summed E-state index contributed by atoms with van der Waals surface area (Å²) < 4.78 is 2.09. The van der Waals surface area contributed by atoms with Crippen molar-refractivity contribution in [2.45, 2.75) is 37.9 Å². The zero-order valence-corrected chi connectivity index (χ0v) is 14.6. The zero-order valence-electron chi connectivity index (χ0n) is 13.0. The molecule has 6 heteroatoms. The Morgan fingerprint density at radius 1 is 1.22 bits per heavy atom. The monoisotopic (exact) mass is 351 g/mol. The quantitative estimate of drug-likeness (QED) is 0.923. The second-order valence-corrected chi connectivity index (χ2v) is 7.22. The maximum Gasteiger partial charge on any atom is 0.271 e. The van der Waals surface area contributed by atoms with Gasteiger partial charge in [-0.1, -0.05) is 6.07 Å². The molecular formula is C17H22ClN3OS. The Hall–Kier alpha value is -1.30. The van der Waals surface area contributed by atoms with Crippen LogP contribution in [-0.4, -0.2) is 40.5 Å². The Kier molecular flexibility index (Phi) is 5.09. The summed E-state index contributed by atoms with van der Waals surface area (Å²) in [5.41, 5.74) is 0.826. The summed E-state index contributed by atoms with van der Waals surface area (Å²) in [6.45, 7) is 2.75. The lowest BCUT2D eigenvalue weighted by molar-refractivity contribution is 0.0669. The molecule has 4 rings (SSSR count). The maximum absolute atomic E-state index is 13.1. The molecule has 0 radical (unpaired) electrons. The van der Waals surface area contributed by atoms with Crippen LogP contribution in [0.2, 0.25) is 0 Å². The minimum atomic E-state index is 0. The van der Waals surface area contributed by atoms with Crippen LogP contribution in [0.5, 0.6) is 0 Å². The molecule has 4 nitrogen and oxygen atoms in total. The van der Waals surface area contributed by atoms with Gasteiger partial charge in [0.05, 0.1) is 6.54 Å². The molecule has 2 atom stereocenters. The second-order valence-electron chi connectivity index (χ2n) is 6.19. The Morgan fingerprint density at radius 2 is 2.09 bits per heavy atom. The normalized spacial score (nSPS) is 23.4.